The number of nitrogens with zero attached hydrogens (tertiary/aromatic N) is 1. The van der Waals surface area contributed by atoms with Crippen molar-refractivity contribution in [3.63, 3.8) is 0 Å². The summed E-state index contributed by atoms with van der Waals surface area (Å²) in [5.74, 6) is -1.32. The van der Waals surface area contributed by atoms with Crippen molar-refractivity contribution in [3.8, 4) is 0 Å². The summed E-state index contributed by atoms with van der Waals surface area (Å²) in [6.07, 6.45) is 3.94. The van der Waals surface area contributed by atoms with Gasteiger partial charge in [-0.25, -0.2) is 0 Å². The Kier molecular flexibility index (Phi) is 7.64. The van der Waals surface area contributed by atoms with E-state index >= 15 is 0 Å². The number of unbranched alkanes of at least 4 members (excludes halogenated alkanes) is 3. The van der Waals surface area contributed by atoms with Crippen molar-refractivity contribution < 1.29 is 19.5 Å². The summed E-state index contributed by atoms with van der Waals surface area (Å²) in [6, 6.07) is 5.26. The maximum absolute atomic E-state index is 13.9. The summed E-state index contributed by atoms with van der Waals surface area (Å²) in [5.41, 5.74) is 2.75. The highest BCUT2D eigenvalue weighted by molar-refractivity contribution is 9.09. The molecule has 3 amide bonds. The monoisotopic (exact) mass is 551 g/mol. The van der Waals surface area contributed by atoms with Crippen molar-refractivity contribution in [2.45, 2.75) is 66.8 Å². The van der Waals surface area contributed by atoms with Crippen LogP contribution < -0.4 is 10.6 Å². The number of hydrogen-bond acceptors (Lipinski definition) is 5. The number of rotatable bonds is 9. The van der Waals surface area contributed by atoms with E-state index in [1.165, 1.54) is 0 Å². The number of aliphatic hydroxyl groups is 1. The molecule has 0 radical (unpaired) electrons. The number of alkyl halides is 1. The lowest BCUT2D eigenvalue weighted by Gasteiger charge is -2.35. The molecular formula is C25H34BrN3O4S. The number of hydrogen-bond donors (Lipinski definition) is 3. The van der Waals surface area contributed by atoms with Crippen LogP contribution in [0.1, 0.15) is 43.2 Å². The number of fused-ring (bicyclic) bond motifs is 1. The van der Waals surface area contributed by atoms with Crippen LogP contribution in [0.15, 0.2) is 18.2 Å². The number of carbonyl (C=O) groups is 3. The predicted molar refractivity (Wildman–Crippen MR) is 138 cm³/mol. The van der Waals surface area contributed by atoms with Crippen LogP contribution in [-0.4, -0.2) is 68.8 Å². The van der Waals surface area contributed by atoms with Crippen molar-refractivity contribution in [3.05, 3.63) is 29.3 Å². The molecule has 7 nitrogen and oxygen atoms in total. The highest BCUT2D eigenvalue weighted by Crippen LogP contribution is 2.67. The molecular weight excluding hydrogens is 518 g/mol. The first-order valence-corrected chi connectivity index (χ1v) is 13.9. The van der Waals surface area contributed by atoms with Crippen LogP contribution in [0.5, 0.6) is 0 Å². The van der Waals surface area contributed by atoms with E-state index in [1.807, 2.05) is 32.0 Å². The molecule has 1 aromatic carbocycles. The smallest absolute Gasteiger partial charge is 0.248 e. The van der Waals surface area contributed by atoms with Crippen molar-refractivity contribution in [1.29, 1.82) is 0 Å². The number of anilines is 1. The molecule has 4 rings (SSSR count). The van der Waals surface area contributed by atoms with Crippen molar-refractivity contribution in [1.82, 2.24) is 10.2 Å². The lowest BCUT2D eigenvalue weighted by Crippen LogP contribution is -2.53. The number of benzene rings is 1. The van der Waals surface area contributed by atoms with Crippen LogP contribution in [0.25, 0.3) is 0 Å². The summed E-state index contributed by atoms with van der Waals surface area (Å²) < 4.78 is -0.626. The van der Waals surface area contributed by atoms with Crippen LogP contribution in [0, 0.1) is 25.7 Å². The third kappa shape index (κ3) is 4.17. The van der Waals surface area contributed by atoms with Gasteiger partial charge in [0.2, 0.25) is 17.7 Å². The van der Waals surface area contributed by atoms with Crippen molar-refractivity contribution >= 4 is 51.1 Å². The largest absolute Gasteiger partial charge is 0.396 e. The summed E-state index contributed by atoms with van der Waals surface area (Å²) in [5, 5.41) is 14.9. The lowest BCUT2D eigenvalue weighted by molar-refractivity contribution is -0.139. The van der Waals surface area contributed by atoms with Gasteiger partial charge in [-0.05, 0) is 44.2 Å². The minimum Gasteiger partial charge on any atom is -0.396 e. The Labute approximate surface area is 213 Å². The molecule has 0 saturated carbocycles. The number of likely N-dealkylation sites (tertiary alicyclic amines) is 1. The molecule has 3 aliphatic heterocycles. The summed E-state index contributed by atoms with van der Waals surface area (Å²) in [4.78, 5) is 42.5. The fourth-order valence-corrected chi connectivity index (χ4v) is 9.70. The zero-order chi connectivity index (χ0) is 24.6. The number of thioether (sulfide) groups is 1. The SMILES string of the molecule is CNC(=O)[C@H]1[C@@H]2SC3(CC2Br)C(C(=O)Nc2c(C)cccc2C)N(CCCCCCO)C(=O)[C@H]13. The molecule has 1 spiro atoms. The molecule has 186 valence electrons. The maximum Gasteiger partial charge on any atom is 0.248 e. The van der Waals surface area contributed by atoms with E-state index in [1.54, 1.807) is 23.7 Å². The molecule has 2 bridgehead atoms. The fraction of sp³-hybridized carbons (Fsp3) is 0.640. The Morgan fingerprint density at radius 2 is 1.85 bits per heavy atom. The molecule has 34 heavy (non-hydrogen) atoms. The van der Waals surface area contributed by atoms with Crippen LogP contribution in [-0.2, 0) is 14.4 Å². The average Bonchev–Trinajstić information content (AvgIpc) is 3.39. The molecule has 1 aromatic rings. The highest BCUT2D eigenvalue weighted by atomic mass is 79.9. The van der Waals surface area contributed by atoms with Gasteiger partial charge >= 0.3 is 0 Å². The van der Waals surface area contributed by atoms with Gasteiger partial charge in [-0.1, -0.05) is 47.0 Å². The first-order valence-electron chi connectivity index (χ1n) is 12.1. The van der Waals surface area contributed by atoms with Crippen molar-refractivity contribution in [2.24, 2.45) is 11.8 Å². The zero-order valence-electron chi connectivity index (χ0n) is 20.0. The van der Waals surface area contributed by atoms with Crippen LogP contribution in [0.3, 0.4) is 0 Å². The number of aliphatic hydroxyl groups excluding tert-OH is 1. The van der Waals surface area contributed by atoms with Gasteiger partial charge in [0.05, 0.1) is 16.6 Å². The number of para-hydroxylation sites is 1. The average molecular weight is 553 g/mol. The van der Waals surface area contributed by atoms with Gasteiger partial charge in [-0.2, -0.15) is 0 Å². The number of carbonyl (C=O) groups excluding carboxylic acids is 3. The lowest BCUT2D eigenvalue weighted by atomic mass is 9.70. The Hall–Kier alpha value is -1.58. The van der Waals surface area contributed by atoms with Gasteiger partial charge in [-0.15, -0.1) is 11.8 Å². The van der Waals surface area contributed by atoms with Crippen molar-refractivity contribution in [2.75, 3.05) is 25.5 Å². The van der Waals surface area contributed by atoms with E-state index in [4.69, 9.17) is 5.11 Å². The molecule has 3 saturated heterocycles. The first-order chi connectivity index (χ1) is 16.3. The zero-order valence-corrected chi connectivity index (χ0v) is 22.4. The van der Waals surface area contributed by atoms with Gasteiger partial charge in [0, 0.05) is 36.0 Å². The Bertz CT molecular complexity index is 955. The van der Waals surface area contributed by atoms with Crippen LogP contribution >= 0.6 is 27.7 Å². The van der Waals surface area contributed by atoms with E-state index < -0.39 is 22.6 Å². The van der Waals surface area contributed by atoms with Gasteiger partial charge < -0.3 is 20.6 Å². The third-order valence-corrected chi connectivity index (χ3v) is 10.8. The second-order valence-corrected chi connectivity index (χ2v) is 12.4. The standard InChI is InChI=1S/C25H34BrN3O4S/c1-14-9-8-10-15(2)19(14)28-23(32)21-25-13-16(26)20(34-25)17(22(31)27-3)18(25)24(33)29(21)11-6-4-5-7-12-30/h8-10,16-18,20-21,30H,4-7,11-13H2,1-3H3,(H,27,31)(H,28,32)/t16?,17-,18+,20-,21?,25?/m1/s1. The minimum absolute atomic E-state index is 0.0314. The van der Waals surface area contributed by atoms with E-state index in [0.717, 1.165) is 42.5 Å². The molecule has 3 aliphatic rings. The van der Waals surface area contributed by atoms with E-state index in [9.17, 15) is 14.4 Å². The second-order valence-electron chi connectivity index (χ2n) is 9.70. The Morgan fingerprint density at radius 3 is 2.50 bits per heavy atom. The van der Waals surface area contributed by atoms with Gasteiger partial charge in [0.15, 0.2) is 0 Å². The fourth-order valence-electron chi connectivity index (χ4n) is 6.09. The normalized spacial score (nSPS) is 31.6. The molecule has 9 heteroatoms. The number of nitrogens with one attached hydrogen (secondary N) is 2. The van der Waals surface area contributed by atoms with Gasteiger partial charge in [0.25, 0.3) is 0 Å². The summed E-state index contributed by atoms with van der Waals surface area (Å²) in [6.45, 7) is 4.57. The van der Waals surface area contributed by atoms with E-state index in [2.05, 4.69) is 26.6 Å². The first kappa shape index (κ1) is 25.5. The second kappa shape index (κ2) is 10.2. The molecule has 3 unspecified atom stereocenters. The molecule has 3 N–H and O–H groups in total. The summed E-state index contributed by atoms with van der Waals surface area (Å²) in [7, 11) is 1.61. The van der Waals surface area contributed by atoms with Gasteiger partial charge in [0.1, 0.15) is 6.04 Å². The molecule has 0 aromatic heterocycles. The molecule has 0 aliphatic carbocycles. The number of aryl methyl sites for hydroxylation is 2. The van der Waals surface area contributed by atoms with E-state index in [0.29, 0.717) is 13.0 Å². The number of amides is 3. The topological polar surface area (TPSA) is 98.7 Å². The minimum atomic E-state index is -0.633. The number of halogens is 1. The van der Waals surface area contributed by atoms with E-state index in [-0.39, 0.29) is 34.4 Å². The molecule has 3 heterocycles. The third-order valence-electron chi connectivity index (χ3n) is 7.62. The molecule has 6 atom stereocenters. The quantitative estimate of drug-likeness (QED) is 0.323. The Balaban J connectivity index is 1.67. The molecule has 3 fully saturated rings. The maximum atomic E-state index is 13.9. The van der Waals surface area contributed by atoms with Crippen LogP contribution in [0.2, 0.25) is 0 Å². The van der Waals surface area contributed by atoms with Gasteiger partial charge in [-0.3, -0.25) is 14.4 Å². The predicted octanol–water partition coefficient (Wildman–Crippen LogP) is 3.01. The highest BCUT2D eigenvalue weighted by Gasteiger charge is 2.75. The Morgan fingerprint density at radius 1 is 1.18 bits per heavy atom. The summed E-state index contributed by atoms with van der Waals surface area (Å²) >= 11 is 5.42. The van der Waals surface area contributed by atoms with Crippen LogP contribution in [0.4, 0.5) is 5.69 Å².